The van der Waals surface area contributed by atoms with E-state index in [-0.39, 0.29) is 0 Å². The Morgan fingerprint density at radius 2 is 2.06 bits per heavy atom. The molecule has 0 bridgehead atoms. The molecule has 1 aromatic carbocycles. The van der Waals surface area contributed by atoms with E-state index in [0.29, 0.717) is 6.04 Å². The minimum absolute atomic E-state index is 0.502. The lowest BCUT2D eigenvalue weighted by molar-refractivity contribution is 0.195. The van der Waals surface area contributed by atoms with E-state index in [1.807, 2.05) is 11.3 Å². The Morgan fingerprint density at radius 1 is 1.17 bits per heavy atom. The van der Waals surface area contributed by atoms with E-state index in [2.05, 4.69) is 58.1 Å². The number of piperazine rings is 1. The first kappa shape index (κ1) is 11.9. The van der Waals surface area contributed by atoms with E-state index in [4.69, 9.17) is 0 Å². The summed E-state index contributed by atoms with van der Waals surface area (Å²) >= 11 is 1.85. The first-order valence-electron chi connectivity index (χ1n) is 6.45. The fraction of sp³-hybridized carbons (Fsp3) is 0.333. The predicted molar refractivity (Wildman–Crippen MR) is 76.8 cm³/mol. The highest BCUT2D eigenvalue weighted by molar-refractivity contribution is 7.10. The molecule has 0 spiro atoms. The molecule has 1 aromatic heterocycles. The van der Waals surface area contributed by atoms with Crippen LogP contribution in [0.2, 0.25) is 0 Å². The molecule has 2 aromatic rings. The molecule has 18 heavy (non-hydrogen) atoms. The molecule has 0 amide bonds. The van der Waals surface area contributed by atoms with Crippen LogP contribution in [-0.4, -0.2) is 24.5 Å². The number of rotatable bonds is 3. The predicted octanol–water partition coefficient (Wildman–Crippen LogP) is 2.89. The van der Waals surface area contributed by atoms with Crippen LogP contribution in [-0.2, 0) is 6.54 Å². The average molecular weight is 258 g/mol. The topological polar surface area (TPSA) is 15.3 Å². The molecule has 3 heteroatoms. The minimum atomic E-state index is 0.502. The van der Waals surface area contributed by atoms with Crippen molar-refractivity contribution in [1.82, 2.24) is 10.2 Å². The summed E-state index contributed by atoms with van der Waals surface area (Å²) in [5.41, 5.74) is 1.41. The summed E-state index contributed by atoms with van der Waals surface area (Å²) in [6.45, 7) is 4.38. The molecular formula is C15H18N2S. The second-order valence-corrected chi connectivity index (χ2v) is 5.72. The van der Waals surface area contributed by atoms with Crippen molar-refractivity contribution in [3.63, 3.8) is 0 Å². The van der Waals surface area contributed by atoms with Crippen LogP contribution in [0.5, 0.6) is 0 Å². The Morgan fingerprint density at radius 3 is 2.83 bits per heavy atom. The first-order chi connectivity index (χ1) is 8.92. The SMILES string of the molecule is c1ccc(CN2CCNC(c3cccs3)C2)cc1. The van der Waals surface area contributed by atoms with Crippen LogP contribution >= 0.6 is 11.3 Å². The first-order valence-corrected chi connectivity index (χ1v) is 7.33. The normalized spacial score (nSPS) is 21.0. The van der Waals surface area contributed by atoms with E-state index >= 15 is 0 Å². The van der Waals surface area contributed by atoms with Crippen LogP contribution in [0.15, 0.2) is 47.8 Å². The van der Waals surface area contributed by atoms with Crippen molar-refractivity contribution in [3.05, 3.63) is 58.3 Å². The Labute approximate surface area is 112 Å². The highest BCUT2D eigenvalue weighted by Gasteiger charge is 2.21. The molecule has 1 N–H and O–H groups in total. The summed E-state index contributed by atoms with van der Waals surface area (Å²) in [7, 11) is 0. The quantitative estimate of drug-likeness (QED) is 0.910. The summed E-state index contributed by atoms with van der Waals surface area (Å²) in [6.07, 6.45) is 0. The van der Waals surface area contributed by atoms with E-state index < -0.39 is 0 Å². The molecule has 1 aliphatic rings. The van der Waals surface area contributed by atoms with Crippen LogP contribution in [0.4, 0.5) is 0 Å². The molecular weight excluding hydrogens is 240 g/mol. The second-order valence-electron chi connectivity index (χ2n) is 4.74. The van der Waals surface area contributed by atoms with E-state index in [1.54, 1.807) is 0 Å². The van der Waals surface area contributed by atoms with E-state index in [1.165, 1.54) is 10.4 Å². The molecule has 3 rings (SSSR count). The lowest BCUT2D eigenvalue weighted by atomic mass is 10.1. The molecule has 0 aliphatic carbocycles. The standard InChI is InChI=1S/C15H18N2S/c1-2-5-13(6-3-1)11-17-9-8-16-14(12-17)15-7-4-10-18-15/h1-7,10,14,16H,8-9,11-12H2. The number of hydrogen-bond acceptors (Lipinski definition) is 3. The van der Waals surface area contributed by atoms with Gasteiger partial charge in [-0.05, 0) is 17.0 Å². The van der Waals surface area contributed by atoms with Crippen LogP contribution in [0, 0.1) is 0 Å². The van der Waals surface area contributed by atoms with Crippen molar-refractivity contribution in [1.29, 1.82) is 0 Å². The fourth-order valence-electron chi connectivity index (χ4n) is 2.48. The van der Waals surface area contributed by atoms with Crippen molar-refractivity contribution < 1.29 is 0 Å². The zero-order chi connectivity index (χ0) is 12.2. The Bertz CT molecular complexity index is 467. The fourth-order valence-corrected chi connectivity index (χ4v) is 3.27. The molecule has 1 aliphatic heterocycles. The largest absolute Gasteiger partial charge is 0.307 e. The van der Waals surface area contributed by atoms with Gasteiger partial charge in [-0.3, -0.25) is 4.90 Å². The molecule has 2 nitrogen and oxygen atoms in total. The molecule has 1 fully saturated rings. The monoisotopic (exact) mass is 258 g/mol. The van der Waals surface area contributed by atoms with Gasteiger partial charge in [0.2, 0.25) is 0 Å². The molecule has 2 heterocycles. The highest BCUT2D eigenvalue weighted by Crippen LogP contribution is 2.22. The summed E-state index contributed by atoms with van der Waals surface area (Å²) in [5, 5.41) is 5.77. The second kappa shape index (κ2) is 5.65. The number of nitrogens with zero attached hydrogens (tertiary/aromatic N) is 1. The van der Waals surface area contributed by atoms with Crippen molar-refractivity contribution in [2.24, 2.45) is 0 Å². The third kappa shape index (κ3) is 2.80. The van der Waals surface area contributed by atoms with Gasteiger partial charge in [0, 0.05) is 31.1 Å². The van der Waals surface area contributed by atoms with Gasteiger partial charge in [0.25, 0.3) is 0 Å². The van der Waals surface area contributed by atoms with Crippen molar-refractivity contribution in [2.75, 3.05) is 19.6 Å². The molecule has 0 saturated carbocycles. The zero-order valence-electron chi connectivity index (χ0n) is 10.4. The van der Waals surface area contributed by atoms with E-state index in [0.717, 1.165) is 26.2 Å². The Kier molecular flexibility index (Phi) is 3.74. The summed E-state index contributed by atoms with van der Waals surface area (Å²) in [4.78, 5) is 3.99. The smallest absolute Gasteiger partial charge is 0.0544 e. The van der Waals surface area contributed by atoms with Gasteiger partial charge in [0.1, 0.15) is 0 Å². The molecule has 94 valence electrons. The van der Waals surface area contributed by atoms with Gasteiger partial charge >= 0.3 is 0 Å². The van der Waals surface area contributed by atoms with E-state index in [9.17, 15) is 0 Å². The lowest BCUT2D eigenvalue weighted by Crippen LogP contribution is -2.44. The minimum Gasteiger partial charge on any atom is -0.307 e. The number of thiophene rings is 1. The van der Waals surface area contributed by atoms with Gasteiger partial charge in [-0.25, -0.2) is 0 Å². The maximum atomic E-state index is 3.61. The van der Waals surface area contributed by atoms with Gasteiger partial charge < -0.3 is 5.32 Å². The average Bonchev–Trinajstić information content (AvgIpc) is 2.94. The Hall–Kier alpha value is -1.16. The van der Waals surface area contributed by atoms with Gasteiger partial charge in [0.15, 0.2) is 0 Å². The van der Waals surface area contributed by atoms with Crippen LogP contribution in [0.25, 0.3) is 0 Å². The van der Waals surface area contributed by atoms with Crippen molar-refractivity contribution in [3.8, 4) is 0 Å². The maximum Gasteiger partial charge on any atom is 0.0544 e. The maximum absolute atomic E-state index is 3.61. The van der Waals surface area contributed by atoms with Gasteiger partial charge in [-0.15, -0.1) is 11.3 Å². The molecule has 1 saturated heterocycles. The summed E-state index contributed by atoms with van der Waals surface area (Å²) in [5.74, 6) is 0. The third-order valence-electron chi connectivity index (χ3n) is 3.40. The summed E-state index contributed by atoms with van der Waals surface area (Å²) < 4.78 is 0. The summed E-state index contributed by atoms with van der Waals surface area (Å²) in [6, 6.07) is 15.6. The Balaban J connectivity index is 1.64. The zero-order valence-corrected chi connectivity index (χ0v) is 11.2. The van der Waals surface area contributed by atoms with Crippen molar-refractivity contribution >= 4 is 11.3 Å². The van der Waals surface area contributed by atoms with Crippen LogP contribution < -0.4 is 5.32 Å². The van der Waals surface area contributed by atoms with Gasteiger partial charge in [-0.2, -0.15) is 0 Å². The third-order valence-corrected chi connectivity index (χ3v) is 4.38. The van der Waals surface area contributed by atoms with Gasteiger partial charge in [0.05, 0.1) is 6.04 Å². The number of benzene rings is 1. The van der Waals surface area contributed by atoms with Crippen LogP contribution in [0.3, 0.4) is 0 Å². The van der Waals surface area contributed by atoms with Crippen LogP contribution in [0.1, 0.15) is 16.5 Å². The molecule has 1 unspecified atom stereocenters. The van der Waals surface area contributed by atoms with Gasteiger partial charge in [-0.1, -0.05) is 36.4 Å². The van der Waals surface area contributed by atoms with Crippen molar-refractivity contribution in [2.45, 2.75) is 12.6 Å². The number of nitrogens with one attached hydrogen (secondary N) is 1. The number of hydrogen-bond donors (Lipinski definition) is 1. The highest BCUT2D eigenvalue weighted by atomic mass is 32.1. The molecule has 0 radical (unpaired) electrons. The molecule has 1 atom stereocenters. The lowest BCUT2D eigenvalue weighted by Gasteiger charge is -2.33.